The summed E-state index contributed by atoms with van der Waals surface area (Å²) in [6.45, 7) is 20.4. The van der Waals surface area contributed by atoms with Crippen LogP contribution >= 0.6 is 0 Å². The number of nitrogens with zero attached hydrogens (tertiary/aromatic N) is 4. The fourth-order valence-corrected chi connectivity index (χ4v) is 7.01. The minimum Gasteiger partial charge on any atom is -0.324 e. The summed E-state index contributed by atoms with van der Waals surface area (Å²) in [6.07, 6.45) is 4.46. The normalized spacial score (nSPS) is 15.4. The lowest BCUT2D eigenvalue weighted by Gasteiger charge is -2.40. The number of nitrogens with one attached hydrogen (secondary N) is 1. The third-order valence-electron chi connectivity index (χ3n) is 9.39. The molecule has 5 heteroatoms. The van der Waals surface area contributed by atoms with Crippen LogP contribution in [0.15, 0.2) is 121 Å². The van der Waals surface area contributed by atoms with Crippen LogP contribution in [0.3, 0.4) is 0 Å². The lowest BCUT2D eigenvalue weighted by atomic mass is 9.91. The minimum absolute atomic E-state index is 0.386. The van der Waals surface area contributed by atoms with Crippen molar-refractivity contribution < 1.29 is 0 Å². The first kappa shape index (κ1) is 32.5. The van der Waals surface area contributed by atoms with Gasteiger partial charge in [-0.25, -0.2) is 0 Å². The van der Waals surface area contributed by atoms with Crippen molar-refractivity contribution >= 4 is 22.7 Å². The lowest BCUT2D eigenvalue weighted by Crippen LogP contribution is -2.51. The van der Waals surface area contributed by atoms with Gasteiger partial charge >= 0.3 is 0 Å². The number of hydrazine groups is 2. The number of allylic oxidation sites excluding steroid dienone is 1. The van der Waals surface area contributed by atoms with Gasteiger partial charge in [0.05, 0.1) is 11.4 Å². The predicted molar refractivity (Wildman–Crippen MR) is 201 cm³/mol. The third kappa shape index (κ3) is 6.29. The highest BCUT2D eigenvalue weighted by molar-refractivity contribution is 5.77. The third-order valence-corrected chi connectivity index (χ3v) is 9.39. The van der Waals surface area contributed by atoms with Gasteiger partial charge in [-0.15, -0.1) is 5.53 Å². The number of benzene rings is 4. The maximum Gasteiger partial charge on any atom is 0.139 e. The van der Waals surface area contributed by atoms with Crippen molar-refractivity contribution in [3.63, 3.8) is 0 Å². The molecule has 0 bridgehead atoms. The summed E-state index contributed by atoms with van der Waals surface area (Å²) >= 11 is 0. The quantitative estimate of drug-likeness (QED) is 0.210. The Morgan fingerprint density at radius 2 is 0.894 bits per heavy atom. The van der Waals surface area contributed by atoms with Gasteiger partial charge in [-0.1, -0.05) is 128 Å². The Balaban J connectivity index is 1.67. The highest BCUT2D eigenvalue weighted by Crippen LogP contribution is 2.46. The first-order chi connectivity index (χ1) is 22.7. The van der Waals surface area contributed by atoms with Gasteiger partial charge < -0.3 is 9.80 Å². The number of para-hydroxylation sites is 4. The van der Waals surface area contributed by atoms with Gasteiger partial charge in [0.2, 0.25) is 0 Å². The molecule has 6 rings (SSSR count). The summed E-state index contributed by atoms with van der Waals surface area (Å²) in [5.74, 6) is 2.75. The van der Waals surface area contributed by atoms with Gasteiger partial charge in [0, 0.05) is 30.7 Å². The van der Waals surface area contributed by atoms with Crippen molar-refractivity contribution in [2.75, 3.05) is 32.9 Å². The largest absolute Gasteiger partial charge is 0.324 e. The highest BCUT2D eigenvalue weighted by atomic mass is 15.8. The molecule has 4 aromatic rings. The van der Waals surface area contributed by atoms with E-state index >= 15 is 0 Å². The molecule has 0 aliphatic carbocycles. The van der Waals surface area contributed by atoms with Gasteiger partial charge in [0.15, 0.2) is 0 Å². The van der Waals surface area contributed by atoms with Crippen molar-refractivity contribution in [3.05, 3.63) is 143 Å². The molecule has 5 nitrogen and oxygen atoms in total. The van der Waals surface area contributed by atoms with E-state index in [1.807, 2.05) is 0 Å². The van der Waals surface area contributed by atoms with E-state index in [0.29, 0.717) is 23.7 Å². The SMILES string of the molecule is CC(C)c1cccc(C(C)C)c1N1CCN(c2c(C(C)C)cccc2C(C)C)C1=C1C=CN(c2ccccc2)NN1c1ccccc1. The number of hydrogen-bond donors (Lipinski definition) is 1. The van der Waals surface area contributed by atoms with E-state index in [4.69, 9.17) is 0 Å². The first-order valence-electron chi connectivity index (χ1n) is 17.4. The summed E-state index contributed by atoms with van der Waals surface area (Å²) in [4.78, 5) is 5.25. The van der Waals surface area contributed by atoms with Gasteiger partial charge in [-0.05, 0) is 76.3 Å². The van der Waals surface area contributed by atoms with E-state index in [-0.39, 0.29) is 0 Å². The molecule has 1 saturated heterocycles. The average molecular weight is 626 g/mol. The zero-order valence-electron chi connectivity index (χ0n) is 29.4. The van der Waals surface area contributed by atoms with E-state index in [1.54, 1.807) is 0 Å². The summed E-state index contributed by atoms with van der Waals surface area (Å²) < 4.78 is 0. The summed E-state index contributed by atoms with van der Waals surface area (Å²) in [6, 6.07) is 35.0. The van der Waals surface area contributed by atoms with Crippen molar-refractivity contribution in [1.82, 2.24) is 5.53 Å². The average Bonchev–Trinajstić information content (AvgIpc) is 3.52. The predicted octanol–water partition coefficient (Wildman–Crippen LogP) is 10.6. The molecule has 244 valence electrons. The molecule has 47 heavy (non-hydrogen) atoms. The molecule has 0 atom stereocenters. The smallest absolute Gasteiger partial charge is 0.139 e. The van der Waals surface area contributed by atoms with Crippen LogP contribution in [0.1, 0.15) is 101 Å². The molecule has 0 saturated carbocycles. The Hall–Kier alpha value is -4.48. The molecular formula is C42H51N5. The van der Waals surface area contributed by atoms with E-state index in [9.17, 15) is 0 Å². The monoisotopic (exact) mass is 625 g/mol. The molecule has 0 amide bonds. The second-order valence-electron chi connectivity index (χ2n) is 14.0. The van der Waals surface area contributed by atoms with Crippen LogP contribution in [-0.2, 0) is 0 Å². The zero-order chi connectivity index (χ0) is 33.2. The molecule has 0 unspecified atom stereocenters. The van der Waals surface area contributed by atoms with E-state index in [0.717, 1.165) is 30.2 Å². The highest BCUT2D eigenvalue weighted by Gasteiger charge is 2.38. The van der Waals surface area contributed by atoms with Crippen LogP contribution in [0.4, 0.5) is 22.7 Å². The molecule has 1 fully saturated rings. The zero-order valence-corrected chi connectivity index (χ0v) is 29.4. The fourth-order valence-electron chi connectivity index (χ4n) is 7.01. The summed E-state index contributed by atoms with van der Waals surface area (Å²) in [5, 5.41) is 4.36. The van der Waals surface area contributed by atoms with Crippen LogP contribution in [0, 0.1) is 0 Å². The number of rotatable bonds is 8. The van der Waals surface area contributed by atoms with Gasteiger partial charge in [0.25, 0.3) is 0 Å². The van der Waals surface area contributed by atoms with E-state index in [1.165, 1.54) is 39.4 Å². The second-order valence-corrected chi connectivity index (χ2v) is 14.0. The summed E-state index contributed by atoms with van der Waals surface area (Å²) in [7, 11) is 0. The Morgan fingerprint density at radius 3 is 1.30 bits per heavy atom. The van der Waals surface area contributed by atoms with Crippen LogP contribution in [0.2, 0.25) is 0 Å². The molecular weight excluding hydrogens is 574 g/mol. The maximum atomic E-state index is 3.78. The van der Waals surface area contributed by atoms with Gasteiger partial charge in [0.1, 0.15) is 11.5 Å². The van der Waals surface area contributed by atoms with Crippen molar-refractivity contribution in [1.29, 1.82) is 0 Å². The molecule has 1 N–H and O–H groups in total. The standard InChI is InChI=1S/C42H51N5/c1-29(2)35-21-15-22-36(30(3)4)40(35)44-27-28-45(41-37(31(5)6)23-16-24-38(41)32(7)8)42(44)39-25-26-46(33-17-11-9-12-18-33)43-47(39)34-19-13-10-14-20-34/h9-26,29-32,43H,27-28H2,1-8H3. The summed E-state index contributed by atoms with van der Waals surface area (Å²) in [5.41, 5.74) is 15.3. The number of anilines is 4. The van der Waals surface area contributed by atoms with Crippen LogP contribution in [0.5, 0.6) is 0 Å². The molecule has 4 aromatic carbocycles. The van der Waals surface area contributed by atoms with Crippen molar-refractivity contribution in [2.45, 2.75) is 79.1 Å². The topological polar surface area (TPSA) is 25.0 Å². The Bertz CT molecular complexity index is 1610. The Kier molecular flexibility index (Phi) is 9.47. The molecule has 0 spiro atoms. The minimum atomic E-state index is 0.386. The lowest BCUT2D eigenvalue weighted by molar-refractivity contribution is 0.669. The fraction of sp³-hybridized carbons (Fsp3) is 0.333. The first-order valence-corrected chi connectivity index (χ1v) is 17.4. The Morgan fingerprint density at radius 1 is 0.489 bits per heavy atom. The van der Waals surface area contributed by atoms with Crippen molar-refractivity contribution in [3.8, 4) is 0 Å². The maximum absolute atomic E-state index is 3.78. The molecule has 2 aliphatic heterocycles. The van der Waals surface area contributed by atoms with E-state index < -0.39 is 0 Å². The van der Waals surface area contributed by atoms with Crippen LogP contribution in [-0.4, -0.2) is 13.1 Å². The molecule has 0 radical (unpaired) electrons. The number of hydrogen-bond acceptors (Lipinski definition) is 5. The molecule has 2 aliphatic rings. The van der Waals surface area contributed by atoms with E-state index in [2.05, 4.69) is 190 Å². The second kappa shape index (κ2) is 13.7. The van der Waals surface area contributed by atoms with Gasteiger partial charge in [-0.2, -0.15) is 0 Å². The Labute approximate surface area is 282 Å². The van der Waals surface area contributed by atoms with Gasteiger partial charge in [-0.3, -0.25) is 10.0 Å². The molecule has 2 heterocycles. The van der Waals surface area contributed by atoms with Crippen LogP contribution < -0.4 is 25.4 Å². The van der Waals surface area contributed by atoms with Crippen LogP contribution in [0.25, 0.3) is 0 Å². The van der Waals surface area contributed by atoms with Crippen molar-refractivity contribution in [2.24, 2.45) is 0 Å². The molecule has 0 aromatic heterocycles.